The van der Waals surface area contributed by atoms with Gasteiger partial charge in [0.2, 0.25) is 0 Å². The summed E-state index contributed by atoms with van der Waals surface area (Å²) in [5.41, 5.74) is 0. The number of hydrogen-bond donors (Lipinski definition) is 3. The highest BCUT2D eigenvalue weighted by atomic mass is 16.3. The molecule has 0 aliphatic carbocycles. The SMILES string of the molecule is CC1CC(O)C(O)C2NC(=O)C(=O)N12. The van der Waals surface area contributed by atoms with Gasteiger partial charge < -0.3 is 20.4 Å². The second-order valence-corrected chi connectivity index (χ2v) is 3.77. The Bertz CT molecular complexity index is 293. The zero-order valence-electron chi connectivity index (χ0n) is 7.67. The van der Waals surface area contributed by atoms with Crippen molar-refractivity contribution in [1.82, 2.24) is 10.2 Å². The van der Waals surface area contributed by atoms with Crippen molar-refractivity contribution in [3.63, 3.8) is 0 Å². The van der Waals surface area contributed by atoms with Crippen molar-refractivity contribution in [2.24, 2.45) is 0 Å². The molecular weight excluding hydrogens is 188 g/mol. The molecule has 4 atom stereocenters. The number of nitrogens with one attached hydrogen (secondary N) is 1. The number of piperidine rings is 1. The third-order valence-electron chi connectivity index (χ3n) is 2.78. The molecule has 3 N–H and O–H groups in total. The fraction of sp³-hybridized carbons (Fsp3) is 0.750. The quantitative estimate of drug-likeness (QED) is 0.386. The molecule has 2 rings (SSSR count). The van der Waals surface area contributed by atoms with Crippen LogP contribution in [0.1, 0.15) is 13.3 Å². The van der Waals surface area contributed by atoms with Crippen molar-refractivity contribution in [1.29, 1.82) is 0 Å². The van der Waals surface area contributed by atoms with Crippen LogP contribution in [0.4, 0.5) is 0 Å². The standard InChI is InChI=1S/C8H12N2O4/c1-3-2-4(11)5(12)6-9-7(13)8(14)10(3)6/h3-6,11-12H,2H2,1H3,(H,9,13). The van der Waals surface area contributed by atoms with E-state index in [0.717, 1.165) is 0 Å². The third-order valence-corrected chi connectivity index (χ3v) is 2.78. The normalized spacial score (nSPS) is 42.4. The minimum Gasteiger partial charge on any atom is -0.390 e. The molecule has 6 nitrogen and oxygen atoms in total. The van der Waals surface area contributed by atoms with Crippen molar-refractivity contribution >= 4 is 11.8 Å². The number of hydrogen-bond acceptors (Lipinski definition) is 4. The fourth-order valence-corrected chi connectivity index (χ4v) is 2.05. The summed E-state index contributed by atoms with van der Waals surface area (Å²) < 4.78 is 0. The van der Waals surface area contributed by atoms with Gasteiger partial charge in [-0.25, -0.2) is 0 Å². The largest absolute Gasteiger partial charge is 0.390 e. The van der Waals surface area contributed by atoms with Crippen LogP contribution in [-0.4, -0.2) is 51.3 Å². The minimum atomic E-state index is -1.10. The van der Waals surface area contributed by atoms with Gasteiger partial charge in [-0.15, -0.1) is 0 Å². The average Bonchev–Trinajstić information content (AvgIpc) is 2.40. The Hall–Kier alpha value is -1.14. The number of aliphatic hydroxyl groups excluding tert-OH is 2. The summed E-state index contributed by atoms with van der Waals surface area (Å²) in [5.74, 6) is -1.34. The number of nitrogens with zero attached hydrogens (tertiary/aromatic N) is 1. The Morgan fingerprint density at radius 1 is 1.43 bits per heavy atom. The van der Waals surface area contributed by atoms with E-state index in [-0.39, 0.29) is 6.04 Å². The third kappa shape index (κ3) is 1.11. The molecule has 0 saturated carbocycles. The average molecular weight is 200 g/mol. The van der Waals surface area contributed by atoms with Crippen molar-refractivity contribution in [2.75, 3.05) is 0 Å². The highest BCUT2D eigenvalue weighted by Gasteiger charge is 2.49. The number of carbonyl (C=O) groups excluding carboxylic acids is 2. The van der Waals surface area contributed by atoms with Crippen molar-refractivity contribution in [3.05, 3.63) is 0 Å². The number of amides is 2. The Kier molecular flexibility index (Phi) is 1.97. The highest BCUT2D eigenvalue weighted by Crippen LogP contribution is 2.25. The van der Waals surface area contributed by atoms with E-state index < -0.39 is 30.2 Å². The van der Waals surface area contributed by atoms with E-state index in [2.05, 4.69) is 5.32 Å². The van der Waals surface area contributed by atoms with Gasteiger partial charge in [0.25, 0.3) is 0 Å². The van der Waals surface area contributed by atoms with Gasteiger partial charge >= 0.3 is 11.8 Å². The molecule has 0 aromatic heterocycles. The van der Waals surface area contributed by atoms with E-state index >= 15 is 0 Å². The van der Waals surface area contributed by atoms with E-state index in [1.54, 1.807) is 6.92 Å². The monoisotopic (exact) mass is 200 g/mol. The number of aliphatic hydroxyl groups is 2. The predicted molar refractivity (Wildman–Crippen MR) is 44.9 cm³/mol. The molecule has 2 aliphatic heterocycles. The van der Waals surface area contributed by atoms with Crippen molar-refractivity contribution < 1.29 is 19.8 Å². The van der Waals surface area contributed by atoms with E-state index in [9.17, 15) is 19.8 Å². The lowest BCUT2D eigenvalue weighted by atomic mass is 9.96. The van der Waals surface area contributed by atoms with E-state index in [1.807, 2.05) is 0 Å². The first-order valence-corrected chi connectivity index (χ1v) is 4.51. The van der Waals surface area contributed by atoms with Gasteiger partial charge in [0.05, 0.1) is 6.10 Å². The van der Waals surface area contributed by atoms with Gasteiger partial charge in [0.15, 0.2) is 0 Å². The maximum Gasteiger partial charge on any atom is 0.313 e. The van der Waals surface area contributed by atoms with Gasteiger partial charge in [-0.1, -0.05) is 0 Å². The number of fused-ring (bicyclic) bond motifs is 1. The van der Waals surface area contributed by atoms with Crippen molar-refractivity contribution in [3.8, 4) is 0 Å². The molecule has 78 valence electrons. The lowest BCUT2D eigenvalue weighted by molar-refractivity contribution is -0.147. The second kappa shape index (κ2) is 2.93. The number of carbonyl (C=O) groups is 2. The Balaban J connectivity index is 2.28. The summed E-state index contributed by atoms with van der Waals surface area (Å²) in [4.78, 5) is 23.7. The molecule has 0 aromatic rings. The molecule has 4 unspecified atom stereocenters. The van der Waals surface area contributed by atoms with Crippen molar-refractivity contribution in [2.45, 2.75) is 37.8 Å². The summed E-state index contributed by atoms with van der Waals surface area (Å²) in [7, 11) is 0. The summed E-state index contributed by atoms with van der Waals surface area (Å²) in [6.07, 6.45) is -2.47. The van der Waals surface area contributed by atoms with Gasteiger partial charge in [0.1, 0.15) is 12.3 Å². The van der Waals surface area contributed by atoms with Gasteiger partial charge in [0, 0.05) is 6.04 Å². The lowest BCUT2D eigenvalue weighted by Gasteiger charge is -2.40. The maximum atomic E-state index is 11.3. The van der Waals surface area contributed by atoms with Crippen LogP contribution in [0, 0.1) is 0 Å². The van der Waals surface area contributed by atoms with Crippen LogP contribution in [-0.2, 0) is 9.59 Å². The Morgan fingerprint density at radius 2 is 2.07 bits per heavy atom. The molecule has 14 heavy (non-hydrogen) atoms. The van der Waals surface area contributed by atoms with Crippen LogP contribution < -0.4 is 5.32 Å². The molecule has 0 spiro atoms. The Morgan fingerprint density at radius 3 is 2.71 bits per heavy atom. The van der Waals surface area contributed by atoms with Crippen LogP contribution >= 0.6 is 0 Å². The molecular formula is C8H12N2O4. The molecule has 2 saturated heterocycles. The zero-order chi connectivity index (χ0) is 10.5. The fourth-order valence-electron chi connectivity index (χ4n) is 2.05. The predicted octanol–water partition coefficient (Wildman–Crippen LogP) is -2.22. The summed E-state index contributed by atoms with van der Waals surface area (Å²) >= 11 is 0. The molecule has 2 fully saturated rings. The Labute approximate surface area is 80.5 Å². The van der Waals surface area contributed by atoms with Crippen LogP contribution in [0.2, 0.25) is 0 Å². The summed E-state index contributed by atoms with van der Waals surface area (Å²) in [6.45, 7) is 1.74. The summed E-state index contributed by atoms with van der Waals surface area (Å²) in [6, 6.07) is -0.232. The van der Waals surface area contributed by atoms with E-state index in [1.165, 1.54) is 4.90 Å². The molecule has 0 aromatic carbocycles. The van der Waals surface area contributed by atoms with Gasteiger partial charge in [-0.2, -0.15) is 0 Å². The van der Waals surface area contributed by atoms with E-state index in [0.29, 0.717) is 6.42 Å². The molecule has 6 heteroatoms. The topological polar surface area (TPSA) is 89.9 Å². The second-order valence-electron chi connectivity index (χ2n) is 3.77. The first-order valence-electron chi connectivity index (χ1n) is 4.51. The molecule has 0 bridgehead atoms. The van der Waals surface area contributed by atoms with Crippen LogP contribution in [0.3, 0.4) is 0 Å². The lowest BCUT2D eigenvalue weighted by Crippen LogP contribution is -2.59. The zero-order valence-corrected chi connectivity index (χ0v) is 7.67. The highest BCUT2D eigenvalue weighted by molar-refractivity contribution is 6.37. The molecule has 0 radical (unpaired) electrons. The minimum absolute atomic E-state index is 0.232. The van der Waals surface area contributed by atoms with E-state index in [4.69, 9.17) is 0 Å². The maximum absolute atomic E-state index is 11.3. The van der Waals surface area contributed by atoms with Crippen LogP contribution in [0.15, 0.2) is 0 Å². The molecule has 2 heterocycles. The van der Waals surface area contributed by atoms with Crippen LogP contribution in [0.5, 0.6) is 0 Å². The smallest absolute Gasteiger partial charge is 0.313 e. The first kappa shape index (κ1) is 9.42. The number of rotatable bonds is 0. The first-order chi connectivity index (χ1) is 6.52. The summed E-state index contributed by atoms with van der Waals surface area (Å²) in [5, 5.41) is 21.3. The van der Waals surface area contributed by atoms with Crippen LogP contribution in [0.25, 0.3) is 0 Å². The molecule has 2 amide bonds. The van der Waals surface area contributed by atoms with Gasteiger partial charge in [-0.3, -0.25) is 9.59 Å². The van der Waals surface area contributed by atoms with Gasteiger partial charge in [-0.05, 0) is 13.3 Å². The molecule has 2 aliphatic rings.